The molecule has 1 aromatic rings. The first-order valence-corrected chi connectivity index (χ1v) is 6.50. The van der Waals surface area contributed by atoms with Crippen LogP contribution in [0.3, 0.4) is 0 Å². The van der Waals surface area contributed by atoms with Crippen LogP contribution in [0.15, 0.2) is 18.2 Å². The van der Waals surface area contributed by atoms with Gasteiger partial charge in [-0.25, -0.2) is 4.39 Å². The van der Waals surface area contributed by atoms with E-state index in [0.717, 1.165) is 0 Å². The second-order valence-corrected chi connectivity index (χ2v) is 6.48. The van der Waals surface area contributed by atoms with Crippen LogP contribution in [-0.4, -0.2) is 20.0 Å². The van der Waals surface area contributed by atoms with Crippen LogP contribution < -0.4 is 0 Å². The molecule has 6 heteroatoms. The van der Waals surface area contributed by atoms with Gasteiger partial charge in [-0.05, 0) is 32.0 Å². The second-order valence-electron chi connectivity index (χ2n) is 4.04. The molecular formula is C11H12ClFO3S. The number of carbonyl (C=O) groups is 1. The quantitative estimate of drug-likeness (QED) is 0.921. The molecule has 0 aliphatic rings. The van der Waals surface area contributed by atoms with Crippen molar-refractivity contribution in [2.45, 2.75) is 24.3 Å². The monoisotopic (exact) mass is 278 g/mol. The van der Waals surface area contributed by atoms with Gasteiger partial charge in [-0.2, -0.15) is 0 Å². The third-order valence-corrected chi connectivity index (χ3v) is 4.50. The predicted octanol–water partition coefficient (Wildman–Crippen LogP) is 2.59. The van der Waals surface area contributed by atoms with E-state index in [0.29, 0.717) is 5.02 Å². The number of rotatable bonds is 4. The summed E-state index contributed by atoms with van der Waals surface area (Å²) in [6.07, 6.45) is 0. The van der Waals surface area contributed by atoms with Gasteiger partial charge in [0.05, 0.1) is 5.75 Å². The molecular weight excluding hydrogens is 267 g/mol. The van der Waals surface area contributed by atoms with Crippen LogP contribution in [0, 0.1) is 5.82 Å². The van der Waals surface area contributed by atoms with E-state index in [-0.39, 0.29) is 11.3 Å². The highest BCUT2D eigenvalue weighted by Crippen LogP contribution is 2.21. The Morgan fingerprint density at radius 3 is 2.65 bits per heavy atom. The van der Waals surface area contributed by atoms with E-state index >= 15 is 0 Å². The number of aliphatic carboxylic acids is 1. The molecule has 1 N–H and O–H groups in total. The normalized spacial score (nSPS) is 13.4. The van der Waals surface area contributed by atoms with Crippen molar-refractivity contribution >= 4 is 28.4 Å². The lowest BCUT2D eigenvalue weighted by Gasteiger charge is -2.18. The third kappa shape index (κ3) is 3.26. The third-order valence-electron chi connectivity index (χ3n) is 2.38. The van der Waals surface area contributed by atoms with Gasteiger partial charge in [0.15, 0.2) is 0 Å². The molecule has 3 nitrogen and oxygen atoms in total. The predicted molar refractivity (Wildman–Crippen MR) is 65.0 cm³/mol. The Morgan fingerprint density at radius 2 is 2.12 bits per heavy atom. The van der Waals surface area contributed by atoms with Gasteiger partial charge in [0.2, 0.25) is 0 Å². The molecule has 0 aliphatic carbocycles. The minimum atomic E-state index is -1.73. The van der Waals surface area contributed by atoms with Crippen molar-refractivity contribution in [3.05, 3.63) is 34.6 Å². The molecule has 1 unspecified atom stereocenters. The van der Waals surface area contributed by atoms with E-state index in [1.165, 1.54) is 32.0 Å². The minimum absolute atomic E-state index is 0.158. The van der Waals surface area contributed by atoms with Gasteiger partial charge in [0, 0.05) is 21.4 Å². The van der Waals surface area contributed by atoms with Crippen molar-refractivity contribution in [3.63, 3.8) is 0 Å². The molecule has 0 amide bonds. The average molecular weight is 279 g/mol. The van der Waals surface area contributed by atoms with E-state index < -0.39 is 27.3 Å². The van der Waals surface area contributed by atoms with E-state index in [2.05, 4.69) is 0 Å². The van der Waals surface area contributed by atoms with Crippen LogP contribution >= 0.6 is 11.6 Å². The molecule has 0 spiro atoms. The highest BCUT2D eigenvalue weighted by Gasteiger charge is 2.34. The maximum absolute atomic E-state index is 13.4. The molecule has 0 aromatic heterocycles. The molecule has 0 bridgehead atoms. The lowest BCUT2D eigenvalue weighted by atomic mass is 10.2. The largest absolute Gasteiger partial charge is 0.480 e. The Hall–Kier alpha value is -0.940. The summed E-state index contributed by atoms with van der Waals surface area (Å²) >= 11 is 5.70. The highest BCUT2D eigenvalue weighted by atomic mass is 35.5. The van der Waals surface area contributed by atoms with Crippen LogP contribution in [0.4, 0.5) is 4.39 Å². The van der Waals surface area contributed by atoms with Gasteiger partial charge < -0.3 is 5.11 Å². The van der Waals surface area contributed by atoms with Crippen molar-refractivity contribution in [2.75, 3.05) is 0 Å². The van der Waals surface area contributed by atoms with Gasteiger partial charge in [0.25, 0.3) is 0 Å². The lowest BCUT2D eigenvalue weighted by Crippen LogP contribution is -2.37. The van der Waals surface area contributed by atoms with Crippen molar-refractivity contribution in [1.29, 1.82) is 0 Å². The molecule has 0 heterocycles. The molecule has 17 heavy (non-hydrogen) atoms. The Bertz CT molecular complexity index is 474. The van der Waals surface area contributed by atoms with Gasteiger partial charge in [-0.3, -0.25) is 9.00 Å². The Balaban J connectivity index is 2.96. The fraction of sp³-hybridized carbons (Fsp3) is 0.364. The summed E-state index contributed by atoms with van der Waals surface area (Å²) in [6, 6.07) is 3.90. The molecule has 0 radical (unpaired) electrons. The maximum atomic E-state index is 13.4. The average Bonchev–Trinajstić information content (AvgIpc) is 2.23. The molecule has 1 aromatic carbocycles. The summed E-state index contributed by atoms with van der Waals surface area (Å²) < 4.78 is 23.8. The zero-order valence-corrected chi connectivity index (χ0v) is 10.9. The first kappa shape index (κ1) is 14.1. The minimum Gasteiger partial charge on any atom is -0.480 e. The Labute approximate surface area is 106 Å². The summed E-state index contributed by atoms with van der Waals surface area (Å²) in [6.45, 7) is 2.68. The number of hydrogen-bond acceptors (Lipinski definition) is 2. The van der Waals surface area contributed by atoms with Crippen molar-refractivity contribution in [3.8, 4) is 0 Å². The summed E-state index contributed by atoms with van der Waals surface area (Å²) in [7, 11) is -1.73. The van der Waals surface area contributed by atoms with E-state index in [4.69, 9.17) is 16.7 Å². The van der Waals surface area contributed by atoms with Crippen molar-refractivity contribution in [2.24, 2.45) is 0 Å². The summed E-state index contributed by atoms with van der Waals surface area (Å²) in [4.78, 5) is 10.9. The SMILES string of the molecule is CC(C)(C(=O)O)S(=O)Cc1cc(Cl)ccc1F. The van der Waals surface area contributed by atoms with E-state index in [1.54, 1.807) is 0 Å². The lowest BCUT2D eigenvalue weighted by molar-refractivity contribution is -0.139. The zero-order chi connectivity index (χ0) is 13.2. The smallest absolute Gasteiger partial charge is 0.321 e. The number of halogens is 2. The van der Waals surface area contributed by atoms with Gasteiger partial charge in [0.1, 0.15) is 10.6 Å². The maximum Gasteiger partial charge on any atom is 0.321 e. The van der Waals surface area contributed by atoms with Gasteiger partial charge >= 0.3 is 5.97 Å². The first-order chi connectivity index (χ1) is 7.75. The number of carboxylic acids is 1. The number of benzene rings is 1. The second kappa shape index (κ2) is 5.14. The first-order valence-electron chi connectivity index (χ1n) is 4.81. The topological polar surface area (TPSA) is 54.4 Å². The van der Waals surface area contributed by atoms with Gasteiger partial charge in [-0.1, -0.05) is 11.6 Å². The molecule has 94 valence electrons. The number of hydrogen-bond donors (Lipinski definition) is 1. The van der Waals surface area contributed by atoms with Crippen molar-refractivity contribution in [1.82, 2.24) is 0 Å². The van der Waals surface area contributed by atoms with E-state index in [9.17, 15) is 13.4 Å². The zero-order valence-electron chi connectivity index (χ0n) is 9.37. The molecule has 1 rings (SSSR count). The Kier molecular flexibility index (Phi) is 4.27. The molecule has 0 aliphatic heterocycles. The molecule has 0 fully saturated rings. The highest BCUT2D eigenvalue weighted by molar-refractivity contribution is 7.86. The Morgan fingerprint density at radius 1 is 1.53 bits per heavy atom. The molecule has 0 saturated carbocycles. The molecule has 0 saturated heterocycles. The van der Waals surface area contributed by atoms with Crippen LogP contribution in [-0.2, 0) is 21.3 Å². The summed E-state index contributed by atoms with van der Waals surface area (Å²) in [5.41, 5.74) is 0.158. The standard InChI is InChI=1S/C11H12ClFO3S/c1-11(2,10(14)15)17(16)6-7-5-8(12)3-4-9(7)13/h3-5H,6H2,1-2H3,(H,14,15). The fourth-order valence-corrected chi connectivity index (χ4v) is 2.33. The summed E-state index contributed by atoms with van der Waals surface area (Å²) in [5.74, 6) is -1.90. The van der Waals surface area contributed by atoms with Crippen LogP contribution in [0.5, 0.6) is 0 Å². The van der Waals surface area contributed by atoms with Crippen LogP contribution in [0.1, 0.15) is 19.4 Å². The van der Waals surface area contributed by atoms with Gasteiger partial charge in [-0.15, -0.1) is 0 Å². The van der Waals surface area contributed by atoms with Crippen molar-refractivity contribution < 1.29 is 18.5 Å². The van der Waals surface area contributed by atoms with Crippen LogP contribution in [0.2, 0.25) is 5.02 Å². The number of carboxylic acid groups (broad SMARTS) is 1. The summed E-state index contributed by atoms with van der Waals surface area (Å²) in [5, 5.41) is 9.23. The van der Waals surface area contributed by atoms with Crippen LogP contribution in [0.25, 0.3) is 0 Å². The molecule has 1 atom stereocenters. The van der Waals surface area contributed by atoms with E-state index in [1.807, 2.05) is 0 Å². The fourth-order valence-electron chi connectivity index (χ4n) is 1.07.